The van der Waals surface area contributed by atoms with Gasteiger partial charge in [0.1, 0.15) is 11.5 Å². The first kappa shape index (κ1) is 16.5. The van der Waals surface area contributed by atoms with E-state index in [-0.39, 0.29) is 29.9 Å². The number of Topliss-reactive ketones (excluding diaryl/α,β-unsaturated/α-hetero) is 1. The number of aliphatic hydroxyl groups is 1. The maximum absolute atomic E-state index is 11.9. The van der Waals surface area contributed by atoms with Crippen LogP contribution in [0.2, 0.25) is 5.82 Å². The Balaban J connectivity index is 2.08. The molecule has 3 N–H and O–H groups in total. The molecule has 0 aliphatic carbocycles. The lowest BCUT2D eigenvalue weighted by molar-refractivity contribution is -0.119. The van der Waals surface area contributed by atoms with E-state index >= 15 is 0 Å². The van der Waals surface area contributed by atoms with Gasteiger partial charge in [0.2, 0.25) is 0 Å². The minimum absolute atomic E-state index is 0.00966. The van der Waals surface area contributed by atoms with Crippen LogP contribution in [-0.4, -0.2) is 40.2 Å². The van der Waals surface area contributed by atoms with Crippen LogP contribution in [0.5, 0.6) is 5.75 Å². The van der Waals surface area contributed by atoms with Gasteiger partial charge in [-0.05, 0) is 31.4 Å². The van der Waals surface area contributed by atoms with Crippen LogP contribution in [0.1, 0.15) is 42.1 Å². The normalized spacial score (nSPS) is 18.3. The molecule has 0 bridgehead atoms. The fraction of sp³-hybridized carbons (Fsp3) is 0.467. The average Bonchev–Trinajstić information content (AvgIpc) is 2.45. The van der Waals surface area contributed by atoms with E-state index in [9.17, 15) is 19.7 Å². The van der Waals surface area contributed by atoms with Crippen LogP contribution in [-0.2, 0) is 11.2 Å². The molecule has 0 spiro atoms. The second kappa shape index (κ2) is 6.94. The van der Waals surface area contributed by atoms with Crippen molar-refractivity contribution in [2.45, 2.75) is 44.5 Å². The number of hydrogen-bond donors (Lipinski definition) is 3. The van der Waals surface area contributed by atoms with E-state index in [1.165, 1.54) is 6.07 Å². The molecular weight excluding hydrogens is 287 g/mol. The number of carbonyl (C=O) groups excluding carboxylic acids is 1. The Morgan fingerprint density at radius 2 is 2.18 bits per heavy atom. The molecule has 22 heavy (non-hydrogen) atoms. The Morgan fingerprint density at radius 3 is 2.82 bits per heavy atom. The molecule has 1 aromatic carbocycles. The van der Waals surface area contributed by atoms with Crippen LogP contribution in [0.25, 0.3) is 0 Å². The van der Waals surface area contributed by atoms with E-state index in [4.69, 9.17) is 9.76 Å². The highest BCUT2D eigenvalue weighted by molar-refractivity contribution is 6.47. The summed E-state index contributed by atoms with van der Waals surface area (Å²) in [6, 6.07) is 4.78. The topological polar surface area (TPSA) is 104 Å². The number of para-hydroxylation sites is 1. The summed E-state index contributed by atoms with van der Waals surface area (Å²) in [6.07, 6.45) is 0.642. The lowest BCUT2D eigenvalue weighted by Crippen LogP contribution is -2.35. The van der Waals surface area contributed by atoms with Crippen LogP contribution < -0.4 is 4.65 Å². The van der Waals surface area contributed by atoms with Gasteiger partial charge in [-0.3, -0.25) is 4.79 Å². The predicted octanol–water partition coefficient (Wildman–Crippen LogP) is 1.29. The Hall–Kier alpha value is -1.86. The fourth-order valence-corrected chi connectivity index (χ4v) is 2.59. The van der Waals surface area contributed by atoms with Crippen molar-refractivity contribution in [2.24, 2.45) is 0 Å². The quantitative estimate of drug-likeness (QED) is 0.684. The molecule has 118 valence electrons. The van der Waals surface area contributed by atoms with Gasteiger partial charge in [0.25, 0.3) is 0 Å². The predicted molar refractivity (Wildman–Crippen MR) is 80.0 cm³/mol. The van der Waals surface area contributed by atoms with Crippen molar-refractivity contribution in [3.8, 4) is 5.75 Å². The van der Waals surface area contributed by atoms with Crippen LogP contribution in [0.3, 0.4) is 0 Å². The van der Waals surface area contributed by atoms with Crippen LogP contribution in [0.15, 0.2) is 18.2 Å². The van der Waals surface area contributed by atoms with Gasteiger partial charge in [-0.25, -0.2) is 4.79 Å². The molecular formula is C15H19BO6. The van der Waals surface area contributed by atoms with Crippen molar-refractivity contribution in [1.29, 1.82) is 0 Å². The molecule has 6 nitrogen and oxygen atoms in total. The van der Waals surface area contributed by atoms with Gasteiger partial charge in [-0.2, -0.15) is 0 Å². The van der Waals surface area contributed by atoms with Gasteiger partial charge in [0.05, 0.1) is 11.7 Å². The van der Waals surface area contributed by atoms with Gasteiger partial charge in [0.15, 0.2) is 0 Å². The van der Waals surface area contributed by atoms with Gasteiger partial charge in [-0.1, -0.05) is 12.1 Å². The van der Waals surface area contributed by atoms with Crippen molar-refractivity contribution in [3.63, 3.8) is 0 Å². The summed E-state index contributed by atoms with van der Waals surface area (Å²) in [5.41, 5.74) is 0.689. The Morgan fingerprint density at radius 1 is 1.45 bits per heavy atom. The summed E-state index contributed by atoms with van der Waals surface area (Å²) in [4.78, 5) is 23.0. The highest BCUT2D eigenvalue weighted by atomic mass is 16.5. The zero-order chi connectivity index (χ0) is 16.3. The van der Waals surface area contributed by atoms with Crippen molar-refractivity contribution in [1.82, 2.24) is 0 Å². The molecule has 0 saturated carbocycles. The van der Waals surface area contributed by atoms with Crippen molar-refractivity contribution < 1.29 is 29.5 Å². The zero-order valence-electron chi connectivity index (χ0n) is 12.4. The van der Waals surface area contributed by atoms with Crippen LogP contribution in [0, 0.1) is 0 Å². The second-order valence-corrected chi connectivity index (χ2v) is 5.70. The fourth-order valence-electron chi connectivity index (χ4n) is 2.59. The van der Waals surface area contributed by atoms with E-state index in [1.54, 1.807) is 19.1 Å². The summed E-state index contributed by atoms with van der Waals surface area (Å²) in [7, 11) is -1.21. The van der Waals surface area contributed by atoms with Crippen LogP contribution in [0.4, 0.5) is 0 Å². The number of fused-ring (bicyclic) bond motifs is 1. The van der Waals surface area contributed by atoms with Crippen molar-refractivity contribution >= 4 is 18.9 Å². The first-order valence-electron chi connectivity index (χ1n) is 7.28. The minimum Gasteiger partial charge on any atom is -0.535 e. The van der Waals surface area contributed by atoms with Crippen molar-refractivity contribution in [3.05, 3.63) is 29.3 Å². The number of carbonyl (C=O) groups is 2. The Kier molecular flexibility index (Phi) is 5.21. The highest BCUT2D eigenvalue weighted by Gasteiger charge is 2.37. The zero-order valence-corrected chi connectivity index (χ0v) is 12.4. The number of aromatic carboxylic acids is 1. The number of benzene rings is 1. The molecule has 2 rings (SSSR count). The molecule has 0 radical (unpaired) electrons. The number of ketones is 1. The third-order valence-corrected chi connectivity index (χ3v) is 3.78. The summed E-state index contributed by atoms with van der Waals surface area (Å²) < 4.78 is 5.34. The van der Waals surface area contributed by atoms with Gasteiger partial charge in [-0.15, -0.1) is 0 Å². The number of rotatable bonds is 6. The molecule has 1 heterocycles. The average molecular weight is 306 g/mol. The van der Waals surface area contributed by atoms with E-state index in [0.29, 0.717) is 18.4 Å². The van der Waals surface area contributed by atoms with Gasteiger partial charge < -0.3 is 19.9 Å². The molecule has 1 aromatic rings. The molecule has 0 saturated heterocycles. The first-order chi connectivity index (χ1) is 10.4. The first-order valence-corrected chi connectivity index (χ1v) is 7.28. The van der Waals surface area contributed by atoms with E-state index < -0.39 is 25.0 Å². The lowest BCUT2D eigenvalue weighted by atomic mass is 9.64. The van der Waals surface area contributed by atoms with Gasteiger partial charge >= 0.3 is 13.1 Å². The second-order valence-electron chi connectivity index (χ2n) is 5.70. The van der Waals surface area contributed by atoms with Gasteiger partial charge in [0, 0.05) is 18.7 Å². The largest absolute Gasteiger partial charge is 0.535 e. The molecule has 0 aromatic heterocycles. The summed E-state index contributed by atoms with van der Waals surface area (Å²) in [5, 5.41) is 28.3. The Bertz CT molecular complexity index is 571. The molecule has 1 aliphatic rings. The van der Waals surface area contributed by atoms with E-state index in [2.05, 4.69) is 0 Å². The SMILES string of the molecule is CC(O)CCC(=O)C[C@H]1Cc2cccc(C(=O)O)c2OB1O. The van der Waals surface area contributed by atoms with E-state index in [1.807, 2.05) is 0 Å². The van der Waals surface area contributed by atoms with Crippen LogP contribution >= 0.6 is 0 Å². The third-order valence-electron chi connectivity index (χ3n) is 3.78. The minimum atomic E-state index is -1.21. The molecule has 1 unspecified atom stereocenters. The molecule has 0 fully saturated rings. The highest BCUT2D eigenvalue weighted by Crippen LogP contribution is 2.36. The number of aliphatic hydroxyl groups excluding tert-OH is 1. The lowest BCUT2D eigenvalue weighted by Gasteiger charge is -2.28. The molecule has 2 atom stereocenters. The molecule has 0 amide bonds. The molecule has 1 aliphatic heterocycles. The number of carboxylic acids is 1. The van der Waals surface area contributed by atoms with Crippen molar-refractivity contribution in [2.75, 3.05) is 0 Å². The number of carboxylic acid groups (broad SMARTS) is 1. The standard InChI is InChI=1S/C15H19BO6/c1-9(17)5-6-12(18)8-11-7-10-3-2-4-13(15(19)20)14(10)22-16(11)21/h2-4,9,11,17,21H,5-8H2,1H3,(H,19,20)/t9?,11-/m1/s1. The van der Waals surface area contributed by atoms with E-state index in [0.717, 1.165) is 0 Å². The number of hydrogen-bond acceptors (Lipinski definition) is 5. The summed E-state index contributed by atoms with van der Waals surface area (Å²) >= 11 is 0. The molecule has 7 heteroatoms. The Labute approximate surface area is 128 Å². The third kappa shape index (κ3) is 3.87. The maximum Gasteiger partial charge on any atom is 0.526 e. The monoisotopic (exact) mass is 306 g/mol. The maximum atomic E-state index is 11.9. The smallest absolute Gasteiger partial charge is 0.526 e. The summed E-state index contributed by atoms with van der Waals surface area (Å²) in [5.74, 6) is -1.39. The summed E-state index contributed by atoms with van der Waals surface area (Å²) in [6.45, 7) is 1.62.